The summed E-state index contributed by atoms with van der Waals surface area (Å²) in [5.41, 5.74) is 2.71. The zero-order chi connectivity index (χ0) is 18.3. The summed E-state index contributed by atoms with van der Waals surface area (Å²) in [7, 11) is 0. The van der Waals surface area contributed by atoms with Gasteiger partial charge in [0.05, 0.1) is 6.61 Å². The zero-order valence-electron chi connectivity index (χ0n) is 16.1. The summed E-state index contributed by atoms with van der Waals surface area (Å²) in [5.74, 6) is 1.65. The fourth-order valence-corrected chi connectivity index (χ4v) is 4.03. The highest BCUT2D eigenvalue weighted by atomic mass is 16.5. The first kappa shape index (κ1) is 18.3. The molecule has 4 nitrogen and oxygen atoms in total. The topological polar surface area (TPSA) is 27.7 Å². The van der Waals surface area contributed by atoms with E-state index in [0.29, 0.717) is 5.92 Å². The van der Waals surface area contributed by atoms with Crippen molar-refractivity contribution in [2.75, 3.05) is 50.8 Å². The second-order valence-electron chi connectivity index (χ2n) is 7.77. The van der Waals surface area contributed by atoms with Crippen LogP contribution in [0, 0.1) is 5.92 Å². The van der Waals surface area contributed by atoms with Gasteiger partial charge in [-0.3, -0.25) is 4.90 Å². The number of rotatable bonds is 6. The van der Waals surface area contributed by atoms with E-state index in [1.54, 1.807) is 0 Å². The molecule has 4 heteroatoms. The van der Waals surface area contributed by atoms with Crippen molar-refractivity contribution >= 4 is 5.69 Å². The number of piperazine rings is 1. The normalized spacial score (nSPS) is 21.2. The van der Waals surface area contributed by atoms with Gasteiger partial charge in [0.2, 0.25) is 0 Å². The van der Waals surface area contributed by atoms with Crippen LogP contribution in [0.2, 0.25) is 0 Å². The summed E-state index contributed by atoms with van der Waals surface area (Å²) in [5, 5.41) is 3.45. The Morgan fingerprint density at radius 1 is 0.926 bits per heavy atom. The first-order chi connectivity index (χ1) is 13.4. The largest absolute Gasteiger partial charge is 0.493 e. The maximum atomic E-state index is 5.99. The van der Waals surface area contributed by atoms with Gasteiger partial charge in [-0.1, -0.05) is 30.3 Å². The van der Waals surface area contributed by atoms with E-state index in [9.17, 15) is 0 Å². The summed E-state index contributed by atoms with van der Waals surface area (Å²) in [4.78, 5) is 5.02. The number of hydrogen-bond acceptors (Lipinski definition) is 4. The van der Waals surface area contributed by atoms with Crippen LogP contribution in [0.1, 0.15) is 18.4 Å². The molecular weight excluding hydrogens is 334 g/mol. The van der Waals surface area contributed by atoms with E-state index in [-0.39, 0.29) is 0 Å². The number of anilines is 1. The minimum Gasteiger partial charge on any atom is -0.493 e. The third-order valence-electron chi connectivity index (χ3n) is 5.71. The Morgan fingerprint density at radius 2 is 1.70 bits per heavy atom. The van der Waals surface area contributed by atoms with E-state index < -0.39 is 0 Å². The molecule has 2 saturated heterocycles. The van der Waals surface area contributed by atoms with Gasteiger partial charge in [-0.25, -0.2) is 0 Å². The first-order valence-corrected chi connectivity index (χ1v) is 10.3. The lowest BCUT2D eigenvalue weighted by atomic mass is 10.0. The van der Waals surface area contributed by atoms with Crippen molar-refractivity contribution in [2.24, 2.45) is 5.92 Å². The molecule has 4 rings (SSSR count). The van der Waals surface area contributed by atoms with E-state index in [4.69, 9.17) is 4.74 Å². The number of hydrogen-bond donors (Lipinski definition) is 1. The molecule has 0 amide bonds. The second-order valence-corrected chi connectivity index (χ2v) is 7.77. The Bertz CT molecular complexity index is 675. The Hall–Kier alpha value is -2.04. The highest BCUT2D eigenvalue weighted by molar-refractivity contribution is 5.46. The number of benzene rings is 2. The second kappa shape index (κ2) is 9.25. The van der Waals surface area contributed by atoms with E-state index in [1.165, 1.54) is 24.1 Å². The van der Waals surface area contributed by atoms with Crippen molar-refractivity contribution in [3.8, 4) is 5.75 Å². The fourth-order valence-electron chi connectivity index (χ4n) is 4.03. The third kappa shape index (κ3) is 5.24. The SMILES string of the molecule is c1ccc(N2CCN(Cc3ccc(OC[C@H]4CCCNC4)cc3)CC2)cc1. The molecule has 0 radical (unpaired) electrons. The standard InChI is InChI=1S/C23H31N3O/c1-2-6-22(7-3-1)26-15-13-25(14-16-26)18-20-8-10-23(11-9-20)27-19-21-5-4-12-24-17-21/h1-3,6-11,21,24H,4-5,12-19H2/t21-/m0/s1. The van der Waals surface area contributed by atoms with Crippen molar-refractivity contribution in [2.45, 2.75) is 19.4 Å². The zero-order valence-corrected chi connectivity index (χ0v) is 16.1. The molecule has 2 heterocycles. The smallest absolute Gasteiger partial charge is 0.119 e. The fraction of sp³-hybridized carbons (Fsp3) is 0.478. The van der Waals surface area contributed by atoms with Crippen LogP contribution >= 0.6 is 0 Å². The lowest BCUT2D eigenvalue weighted by molar-refractivity contribution is 0.218. The van der Waals surface area contributed by atoms with Crippen molar-refractivity contribution in [1.82, 2.24) is 10.2 Å². The van der Waals surface area contributed by atoms with Crippen LogP contribution in [0.3, 0.4) is 0 Å². The van der Waals surface area contributed by atoms with Crippen LogP contribution in [0.25, 0.3) is 0 Å². The number of nitrogens with zero attached hydrogens (tertiary/aromatic N) is 2. The molecule has 0 aromatic heterocycles. The molecule has 2 aromatic rings. The molecule has 1 N–H and O–H groups in total. The minimum absolute atomic E-state index is 0.652. The molecule has 0 unspecified atom stereocenters. The third-order valence-corrected chi connectivity index (χ3v) is 5.71. The van der Waals surface area contributed by atoms with Gasteiger partial charge in [-0.05, 0) is 49.2 Å². The highest BCUT2D eigenvalue weighted by Gasteiger charge is 2.17. The minimum atomic E-state index is 0.652. The molecule has 2 aliphatic heterocycles. The molecule has 144 valence electrons. The first-order valence-electron chi connectivity index (χ1n) is 10.3. The molecular formula is C23H31N3O. The van der Waals surface area contributed by atoms with E-state index in [2.05, 4.69) is 69.7 Å². The predicted molar refractivity (Wildman–Crippen MR) is 111 cm³/mol. The Kier molecular flexibility index (Phi) is 6.28. The van der Waals surface area contributed by atoms with Crippen molar-refractivity contribution in [3.63, 3.8) is 0 Å². The predicted octanol–water partition coefficient (Wildman–Crippen LogP) is 3.39. The van der Waals surface area contributed by atoms with E-state index >= 15 is 0 Å². The number of nitrogens with one attached hydrogen (secondary N) is 1. The van der Waals surface area contributed by atoms with Gasteiger partial charge in [0, 0.05) is 50.9 Å². The van der Waals surface area contributed by atoms with Crippen LogP contribution in [0.15, 0.2) is 54.6 Å². The van der Waals surface area contributed by atoms with E-state index in [1.807, 2.05) is 0 Å². The molecule has 2 aliphatic rings. The van der Waals surface area contributed by atoms with Crippen LogP contribution < -0.4 is 15.0 Å². The number of para-hydroxylation sites is 1. The lowest BCUT2D eigenvalue weighted by Gasteiger charge is -2.36. The quantitative estimate of drug-likeness (QED) is 0.849. The Balaban J connectivity index is 1.22. The monoisotopic (exact) mass is 365 g/mol. The van der Waals surface area contributed by atoms with Crippen molar-refractivity contribution in [1.29, 1.82) is 0 Å². The maximum absolute atomic E-state index is 5.99. The summed E-state index contributed by atoms with van der Waals surface area (Å²) in [6.07, 6.45) is 2.55. The summed E-state index contributed by atoms with van der Waals surface area (Å²) >= 11 is 0. The van der Waals surface area contributed by atoms with Gasteiger partial charge in [-0.15, -0.1) is 0 Å². The molecule has 1 atom stereocenters. The maximum Gasteiger partial charge on any atom is 0.119 e. The van der Waals surface area contributed by atoms with Crippen LogP contribution in [-0.4, -0.2) is 50.8 Å². The molecule has 2 fully saturated rings. The molecule has 0 aliphatic carbocycles. The molecule has 2 aromatic carbocycles. The summed E-state index contributed by atoms with van der Waals surface area (Å²) < 4.78 is 5.99. The molecule has 0 saturated carbocycles. The number of piperidine rings is 1. The Morgan fingerprint density at radius 3 is 2.41 bits per heavy atom. The average Bonchev–Trinajstić information content (AvgIpc) is 2.75. The van der Waals surface area contributed by atoms with Crippen LogP contribution in [0.5, 0.6) is 5.75 Å². The molecule has 0 bridgehead atoms. The van der Waals surface area contributed by atoms with E-state index in [0.717, 1.165) is 58.2 Å². The van der Waals surface area contributed by atoms with Gasteiger partial charge in [0.1, 0.15) is 5.75 Å². The van der Waals surface area contributed by atoms with Crippen LogP contribution in [-0.2, 0) is 6.54 Å². The van der Waals surface area contributed by atoms with Gasteiger partial charge >= 0.3 is 0 Å². The lowest BCUT2D eigenvalue weighted by Crippen LogP contribution is -2.45. The number of ether oxygens (including phenoxy) is 1. The summed E-state index contributed by atoms with van der Waals surface area (Å²) in [6.45, 7) is 8.52. The molecule has 0 spiro atoms. The molecule has 27 heavy (non-hydrogen) atoms. The van der Waals surface area contributed by atoms with Gasteiger partial charge in [-0.2, -0.15) is 0 Å². The highest BCUT2D eigenvalue weighted by Crippen LogP contribution is 2.19. The summed E-state index contributed by atoms with van der Waals surface area (Å²) in [6, 6.07) is 19.4. The van der Waals surface area contributed by atoms with Crippen LogP contribution in [0.4, 0.5) is 5.69 Å². The van der Waals surface area contributed by atoms with Gasteiger partial charge in [0.15, 0.2) is 0 Å². The van der Waals surface area contributed by atoms with Gasteiger partial charge < -0.3 is 15.0 Å². The Labute approximate surface area is 163 Å². The van der Waals surface area contributed by atoms with Crippen molar-refractivity contribution < 1.29 is 4.74 Å². The average molecular weight is 366 g/mol. The van der Waals surface area contributed by atoms with Crippen molar-refractivity contribution in [3.05, 3.63) is 60.2 Å². The van der Waals surface area contributed by atoms with Gasteiger partial charge in [0.25, 0.3) is 0 Å².